The highest BCUT2D eigenvalue weighted by atomic mass is 35.5. The Balaban J connectivity index is 3.18. The van der Waals surface area contributed by atoms with Crippen LogP contribution in [0, 0.1) is 11.2 Å². The van der Waals surface area contributed by atoms with Gasteiger partial charge in [-0.15, -0.1) is 0 Å². The topological polar surface area (TPSA) is 99.2 Å². The Morgan fingerprint density at radius 1 is 1.60 bits per heavy atom. The van der Waals surface area contributed by atoms with Crippen LogP contribution < -0.4 is 11.1 Å². The summed E-state index contributed by atoms with van der Waals surface area (Å²) in [5.41, 5.74) is 4.24. The zero-order valence-electron chi connectivity index (χ0n) is 7.34. The first-order valence-electron chi connectivity index (χ1n) is 3.76. The summed E-state index contributed by atoms with van der Waals surface area (Å²) in [5, 5.41) is 17.5. The second-order valence-electron chi connectivity index (χ2n) is 2.62. The Morgan fingerprint density at radius 3 is 2.73 bits per heavy atom. The van der Waals surface area contributed by atoms with Gasteiger partial charge in [-0.3, -0.25) is 15.5 Å². The molecule has 5 N–H and O–H groups in total. The van der Waals surface area contributed by atoms with Crippen molar-refractivity contribution in [3.63, 3.8) is 0 Å². The van der Waals surface area contributed by atoms with Crippen molar-refractivity contribution in [2.75, 3.05) is 0 Å². The average Bonchev–Trinajstić information content (AvgIpc) is 2.11. The maximum absolute atomic E-state index is 13.3. The van der Waals surface area contributed by atoms with Crippen molar-refractivity contribution in [1.29, 1.82) is 5.41 Å². The van der Waals surface area contributed by atoms with E-state index in [1.54, 1.807) is 0 Å². The van der Waals surface area contributed by atoms with E-state index in [1.165, 1.54) is 0 Å². The Morgan fingerprint density at radius 2 is 2.20 bits per heavy atom. The first-order chi connectivity index (χ1) is 6.93. The normalized spacial score (nSPS) is 9.73. The maximum atomic E-state index is 13.3. The summed E-state index contributed by atoms with van der Waals surface area (Å²) in [6, 6.07) is 2.18. The van der Waals surface area contributed by atoms with Gasteiger partial charge >= 0.3 is 0 Å². The highest BCUT2D eigenvalue weighted by Crippen LogP contribution is 2.26. The van der Waals surface area contributed by atoms with Gasteiger partial charge in [-0.1, -0.05) is 11.6 Å². The Labute approximate surface area is 89.2 Å². The third-order valence-electron chi connectivity index (χ3n) is 1.55. The summed E-state index contributed by atoms with van der Waals surface area (Å²) in [6.45, 7) is 0. The number of benzene rings is 1. The fourth-order valence-corrected chi connectivity index (χ4v) is 1.10. The van der Waals surface area contributed by atoms with Gasteiger partial charge < -0.3 is 10.8 Å². The number of hydrogen-bond acceptors (Lipinski definition) is 3. The van der Waals surface area contributed by atoms with Crippen LogP contribution in [0.4, 0.5) is 4.39 Å². The van der Waals surface area contributed by atoms with Crippen molar-refractivity contribution in [2.45, 2.75) is 0 Å². The second-order valence-corrected chi connectivity index (χ2v) is 3.03. The highest BCUT2D eigenvalue weighted by Gasteiger charge is 2.19. The van der Waals surface area contributed by atoms with Gasteiger partial charge in [0, 0.05) is 0 Å². The van der Waals surface area contributed by atoms with E-state index in [0.29, 0.717) is 0 Å². The molecule has 0 aromatic heterocycles. The molecule has 0 radical (unpaired) electrons. The predicted octanol–water partition coefficient (Wildman–Crippen LogP) is 0.808. The van der Waals surface area contributed by atoms with Gasteiger partial charge in [0.1, 0.15) is 11.3 Å². The first-order valence-corrected chi connectivity index (χ1v) is 4.13. The average molecular weight is 232 g/mol. The molecular weight excluding hydrogens is 225 g/mol. The Bertz CT molecular complexity index is 436. The van der Waals surface area contributed by atoms with E-state index < -0.39 is 29.0 Å². The number of nitrogens with one attached hydrogen (secondary N) is 2. The zero-order valence-corrected chi connectivity index (χ0v) is 8.10. The van der Waals surface area contributed by atoms with Crippen LogP contribution in [-0.2, 0) is 0 Å². The molecule has 1 amide bonds. The van der Waals surface area contributed by atoms with Crippen molar-refractivity contribution >= 4 is 23.5 Å². The standard InChI is InChI=1S/C8H7ClFN3O2/c9-3-1-2-4(14)5(6(3)10)7(15)13-8(11)12/h1-2,14H,(H4,11,12,13,15). The van der Waals surface area contributed by atoms with E-state index in [1.807, 2.05) is 5.32 Å². The number of phenolic OH excluding ortho intramolecular Hbond substituents is 1. The molecule has 0 aliphatic heterocycles. The van der Waals surface area contributed by atoms with Crippen molar-refractivity contribution < 1.29 is 14.3 Å². The lowest BCUT2D eigenvalue weighted by atomic mass is 10.1. The van der Waals surface area contributed by atoms with Crippen LogP contribution in [0.2, 0.25) is 5.02 Å². The maximum Gasteiger partial charge on any atom is 0.264 e. The molecule has 1 rings (SSSR count). The number of phenols is 1. The van der Waals surface area contributed by atoms with E-state index in [-0.39, 0.29) is 5.02 Å². The van der Waals surface area contributed by atoms with Gasteiger partial charge in [0.15, 0.2) is 11.8 Å². The summed E-state index contributed by atoms with van der Waals surface area (Å²) in [7, 11) is 0. The van der Waals surface area contributed by atoms with Gasteiger partial charge in [-0.25, -0.2) is 4.39 Å². The molecule has 0 saturated heterocycles. The largest absolute Gasteiger partial charge is 0.507 e. The molecule has 0 fully saturated rings. The number of amides is 1. The number of aromatic hydroxyl groups is 1. The van der Waals surface area contributed by atoms with E-state index >= 15 is 0 Å². The lowest BCUT2D eigenvalue weighted by Crippen LogP contribution is -2.36. The van der Waals surface area contributed by atoms with Crippen molar-refractivity contribution in [1.82, 2.24) is 5.32 Å². The molecule has 0 heterocycles. The molecule has 0 unspecified atom stereocenters. The summed E-state index contributed by atoms with van der Waals surface area (Å²) < 4.78 is 13.3. The highest BCUT2D eigenvalue weighted by molar-refractivity contribution is 6.31. The summed E-state index contributed by atoms with van der Waals surface area (Å²) in [4.78, 5) is 11.3. The third kappa shape index (κ3) is 2.35. The van der Waals surface area contributed by atoms with E-state index in [4.69, 9.17) is 22.7 Å². The molecule has 0 spiro atoms. The van der Waals surface area contributed by atoms with E-state index in [0.717, 1.165) is 12.1 Å². The summed E-state index contributed by atoms with van der Waals surface area (Å²) >= 11 is 5.42. The summed E-state index contributed by atoms with van der Waals surface area (Å²) in [5.74, 6) is -3.31. The molecule has 0 aliphatic carbocycles. The van der Waals surface area contributed by atoms with E-state index in [9.17, 15) is 14.3 Å². The van der Waals surface area contributed by atoms with Crippen LogP contribution in [0.5, 0.6) is 5.75 Å². The second kappa shape index (κ2) is 4.14. The van der Waals surface area contributed by atoms with Crippen LogP contribution in [0.25, 0.3) is 0 Å². The minimum atomic E-state index is -1.06. The number of halogens is 2. The van der Waals surface area contributed by atoms with Gasteiger partial charge in [0.25, 0.3) is 5.91 Å². The third-order valence-corrected chi connectivity index (χ3v) is 1.84. The van der Waals surface area contributed by atoms with Crippen LogP contribution in [0.1, 0.15) is 10.4 Å². The number of rotatable bonds is 1. The zero-order chi connectivity index (χ0) is 11.6. The van der Waals surface area contributed by atoms with Crippen LogP contribution in [0.15, 0.2) is 12.1 Å². The fraction of sp³-hybridized carbons (Fsp3) is 0. The number of nitrogens with two attached hydrogens (primary N) is 1. The number of hydrogen-bond donors (Lipinski definition) is 4. The van der Waals surface area contributed by atoms with Crippen LogP contribution in [-0.4, -0.2) is 17.0 Å². The molecule has 5 nitrogen and oxygen atoms in total. The SMILES string of the molecule is N=C(N)NC(=O)c1c(O)ccc(Cl)c1F. The molecule has 7 heteroatoms. The van der Waals surface area contributed by atoms with Gasteiger partial charge in [-0.2, -0.15) is 0 Å². The lowest BCUT2D eigenvalue weighted by Gasteiger charge is -2.06. The number of carbonyl (C=O) groups excluding carboxylic acids is 1. The molecule has 1 aromatic carbocycles. The minimum Gasteiger partial charge on any atom is -0.507 e. The first kappa shape index (κ1) is 11.3. The molecule has 0 atom stereocenters. The Kier molecular flexibility index (Phi) is 3.11. The molecule has 0 saturated carbocycles. The van der Waals surface area contributed by atoms with Gasteiger partial charge in [0.05, 0.1) is 5.02 Å². The van der Waals surface area contributed by atoms with Crippen molar-refractivity contribution in [3.05, 3.63) is 28.5 Å². The molecular formula is C8H7ClFN3O2. The van der Waals surface area contributed by atoms with Crippen molar-refractivity contribution in [3.8, 4) is 5.75 Å². The van der Waals surface area contributed by atoms with Gasteiger partial charge in [-0.05, 0) is 12.1 Å². The molecule has 0 bridgehead atoms. The van der Waals surface area contributed by atoms with Gasteiger partial charge in [0.2, 0.25) is 0 Å². The molecule has 15 heavy (non-hydrogen) atoms. The van der Waals surface area contributed by atoms with Crippen LogP contribution in [0.3, 0.4) is 0 Å². The number of carbonyl (C=O) groups is 1. The van der Waals surface area contributed by atoms with Crippen LogP contribution >= 0.6 is 11.6 Å². The molecule has 80 valence electrons. The quantitative estimate of drug-likeness (QED) is 0.425. The smallest absolute Gasteiger partial charge is 0.264 e. The fourth-order valence-electron chi connectivity index (χ4n) is 0.941. The lowest BCUT2D eigenvalue weighted by molar-refractivity contribution is 0.0969. The number of guanidine groups is 1. The van der Waals surface area contributed by atoms with Crippen molar-refractivity contribution in [2.24, 2.45) is 5.73 Å². The predicted molar refractivity (Wildman–Crippen MR) is 52.5 cm³/mol. The Hall–Kier alpha value is -1.82. The van der Waals surface area contributed by atoms with E-state index in [2.05, 4.69) is 0 Å². The molecule has 0 aliphatic rings. The monoisotopic (exact) mass is 231 g/mol. The molecule has 1 aromatic rings. The minimum absolute atomic E-state index is 0.304. The summed E-state index contributed by atoms with van der Waals surface area (Å²) in [6.07, 6.45) is 0.